The molecule has 2 amide bonds. The van der Waals surface area contributed by atoms with E-state index in [-0.39, 0.29) is 18.4 Å². The standard InChI is InChI=1S/C34H37ClN6O4S/c1-5-40(6-2)29(42)20-45-25-18-16-23(17-19-25)31-30(32(43)37-27-14-10-11-15-28(27)44-7-3)22(4)36-33-38-34(39-41(31)33)46-21-24-12-8-9-13-26(24)35/h8-19,31H,5-7,20-21H2,1-4H3,(H,37,43)(H,36,38,39). The summed E-state index contributed by atoms with van der Waals surface area (Å²) in [5.41, 5.74) is 3.44. The number of aromatic nitrogens is 3. The summed E-state index contributed by atoms with van der Waals surface area (Å²) in [6.45, 7) is 9.27. The summed E-state index contributed by atoms with van der Waals surface area (Å²) in [7, 11) is 0. The third-order valence-corrected chi connectivity index (χ3v) is 8.76. The number of hydrogen-bond acceptors (Lipinski definition) is 8. The Bertz CT molecular complexity index is 1720. The van der Waals surface area contributed by atoms with Gasteiger partial charge in [0.1, 0.15) is 17.5 Å². The summed E-state index contributed by atoms with van der Waals surface area (Å²) in [6, 6.07) is 21.7. The molecule has 1 atom stereocenters. The van der Waals surface area contributed by atoms with E-state index in [9.17, 15) is 9.59 Å². The van der Waals surface area contributed by atoms with Gasteiger partial charge in [0.05, 0.1) is 17.9 Å². The monoisotopic (exact) mass is 660 g/mol. The molecule has 12 heteroatoms. The van der Waals surface area contributed by atoms with E-state index in [4.69, 9.17) is 31.2 Å². The Labute approximate surface area is 278 Å². The van der Waals surface area contributed by atoms with Crippen molar-refractivity contribution in [2.45, 2.75) is 44.6 Å². The lowest BCUT2D eigenvalue weighted by Gasteiger charge is -2.29. The van der Waals surface area contributed by atoms with Crippen molar-refractivity contribution in [1.82, 2.24) is 19.7 Å². The van der Waals surface area contributed by atoms with Crippen LogP contribution in [0.15, 0.2) is 89.2 Å². The first-order valence-corrected chi connectivity index (χ1v) is 16.5. The predicted molar refractivity (Wildman–Crippen MR) is 182 cm³/mol. The molecule has 0 spiro atoms. The van der Waals surface area contributed by atoms with Crippen LogP contribution in [-0.4, -0.2) is 57.8 Å². The van der Waals surface area contributed by atoms with Crippen molar-refractivity contribution in [3.63, 3.8) is 0 Å². The van der Waals surface area contributed by atoms with Crippen molar-refractivity contribution in [3.8, 4) is 11.5 Å². The van der Waals surface area contributed by atoms with E-state index < -0.39 is 6.04 Å². The summed E-state index contributed by atoms with van der Waals surface area (Å²) in [6.07, 6.45) is 0. The van der Waals surface area contributed by atoms with Crippen LogP contribution in [-0.2, 0) is 15.3 Å². The van der Waals surface area contributed by atoms with E-state index in [1.165, 1.54) is 11.8 Å². The number of amides is 2. The van der Waals surface area contributed by atoms with Gasteiger partial charge < -0.3 is 25.0 Å². The Morgan fingerprint density at radius 2 is 1.72 bits per heavy atom. The van der Waals surface area contributed by atoms with E-state index in [1.54, 1.807) is 27.8 Å². The molecular weight excluding hydrogens is 624 g/mol. The van der Waals surface area contributed by atoms with Gasteiger partial charge in [0.25, 0.3) is 11.8 Å². The fraction of sp³-hybridized carbons (Fsp3) is 0.294. The number of nitrogens with one attached hydrogen (secondary N) is 2. The predicted octanol–water partition coefficient (Wildman–Crippen LogP) is 6.80. The third-order valence-electron chi connectivity index (χ3n) is 7.50. The number of para-hydroxylation sites is 2. The smallest absolute Gasteiger partial charge is 0.260 e. The number of allylic oxidation sites excluding steroid dienone is 1. The topological polar surface area (TPSA) is 111 Å². The van der Waals surface area contributed by atoms with Crippen molar-refractivity contribution < 1.29 is 19.1 Å². The molecule has 0 bridgehead atoms. The van der Waals surface area contributed by atoms with Gasteiger partial charge >= 0.3 is 0 Å². The van der Waals surface area contributed by atoms with E-state index in [2.05, 4.69) is 10.6 Å². The molecule has 5 rings (SSSR count). The number of fused-ring (bicyclic) bond motifs is 1. The maximum atomic E-state index is 14.0. The summed E-state index contributed by atoms with van der Waals surface area (Å²) in [4.78, 5) is 33.0. The van der Waals surface area contributed by atoms with Crippen molar-refractivity contribution in [2.75, 3.05) is 36.9 Å². The van der Waals surface area contributed by atoms with Crippen LogP contribution in [0.3, 0.4) is 0 Å². The molecule has 1 aliphatic rings. The van der Waals surface area contributed by atoms with Crippen LogP contribution in [0.1, 0.15) is 44.9 Å². The van der Waals surface area contributed by atoms with Gasteiger partial charge in [-0.1, -0.05) is 65.8 Å². The molecule has 46 heavy (non-hydrogen) atoms. The molecule has 240 valence electrons. The number of carbonyl (C=O) groups excluding carboxylic acids is 2. The highest BCUT2D eigenvalue weighted by atomic mass is 35.5. The van der Waals surface area contributed by atoms with Crippen molar-refractivity contribution in [2.24, 2.45) is 0 Å². The summed E-state index contributed by atoms with van der Waals surface area (Å²) in [5, 5.41) is 12.4. The molecule has 1 aliphatic heterocycles. The van der Waals surface area contributed by atoms with E-state index >= 15 is 0 Å². The van der Waals surface area contributed by atoms with Crippen LogP contribution in [0.4, 0.5) is 11.6 Å². The molecule has 0 radical (unpaired) electrons. The number of ether oxygens (including phenoxy) is 2. The molecule has 2 heterocycles. The first kappa shape index (κ1) is 32.9. The number of nitrogens with zero attached hydrogens (tertiary/aromatic N) is 4. The molecule has 3 aromatic carbocycles. The highest BCUT2D eigenvalue weighted by molar-refractivity contribution is 7.98. The molecule has 0 fully saturated rings. The fourth-order valence-electron chi connectivity index (χ4n) is 5.15. The molecule has 1 unspecified atom stereocenters. The van der Waals surface area contributed by atoms with Gasteiger partial charge in [-0.2, -0.15) is 4.98 Å². The molecule has 0 saturated carbocycles. The number of likely N-dealkylation sites (N-methyl/N-ethyl adjacent to an activating group) is 1. The van der Waals surface area contributed by atoms with Gasteiger partial charge in [-0.25, -0.2) is 4.68 Å². The average Bonchev–Trinajstić information content (AvgIpc) is 3.47. The highest BCUT2D eigenvalue weighted by Crippen LogP contribution is 2.38. The summed E-state index contributed by atoms with van der Waals surface area (Å²) < 4.78 is 13.3. The molecule has 2 N–H and O–H groups in total. The number of hydrogen-bond donors (Lipinski definition) is 2. The summed E-state index contributed by atoms with van der Waals surface area (Å²) in [5.74, 6) is 1.84. The van der Waals surface area contributed by atoms with Crippen molar-refractivity contribution in [1.29, 1.82) is 0 Å². The van der Waals surface area contributed by atoms with Crippen LogP contribution < -0.4 is 20.1 Å². The lowest BCUT2D eigenvalue weighted by Crippen LogP contribution is -2.34. The Hall–Kier alpha value is -4.48. The van der Waals surface area contributed by atoms with Gasteiger partial charge in [0.2, 0.25) is 11.1 Å². The minimum absolute atomic E-state index is 0.0560. The van der Waals surface area contributed by atoms with Crippen LogP contribution in [0, 0.1) is 0 Å². The Balaban J connectivity index is 1.45. The minimum atomic E-state index is -0.607. The molecule has 4 aromatic rings. The average molecular weight is 661 g/mol. The van der Waals surface area contributed by atoms with E-state index in [0.29, 0.717) is 70.0 Å². The van der Waals surface area contributed by atoms with Crippen LogP contribution in [0.5, 0.6) is 11.5 Å². The Morgan fingerprint density at radius 1 is 1.00 bits per heavy atom. The number of halogens is 1. The maximum absolute atomic E-state index is 14.0. The lowest BCUT2D eigenvalue weighted by molar-refractivity contribution is -0.133. The van der Waals surface area contributed by atoms with Crippen molar-refractivity contribution >= 4 is 46.8 Å². The van der Waals surface area contributed by atoms with Gasteiger partial charge in [0.15, 0.2) is 6.61 Å². The Morgan fingerprint density at radius 3 is 2.43 bits per heavy atom. The highest BCUT2D eigenvalue weighted by Gasteiger charge is 2.35. The van der Waals surface area contributed by atoms with Crippen molar-refractivity contribution in [3.05, 3.63) is 100 Å². The number of carbonyl (C=O) groups is 2. The molecule has 1 aromatic heterocycles. The van der Waals surface area contributed by atoms with Gasteiger partial charge in [-0.15, -0.1) is 5.10 Å². The Kier molecular flexibility index (Phi) is 10.9. The van der Waals surface area contributed by atoms with Gasteiger partial charge in [-0.3, -0.25) is 9.59 Å². The van der Waals surface area contributed by atoms with E-state index in [1.807, 2.05) is 82.3 Å². The zero-order valence-electron chi connectivity index (χ0n) is 26.2. The number of thioether (sulfide) groups is 1. The summed E-state index contributed by atoms with van der Waals surface area (Å²) >= 11 is 7.84. The SMILES string of the molecule is CCOc1ccccc1NC(=O)C1=C(C)Nc2nc(SCc3ccccc3Cl)nn2C1c1ccc(OCC(=O)N(CC)CC)cc1. The second-order valence-corrected chi connectivity index (χ2v) is 11.8. The third kappa shape index (κ3) is 7.48. The van der Waals surface area contributed by atoms with E-state index in [0.717, 1.165) is 11.1 Å². The second kappa shape index (κ2) is 15.2. The first-order chi connectivity index (χ1) is 22.3. The van der Waals surface area contributed by atoms with Gasteiger partial charge in [0, 0.05) is 29.6 Å². The lowest BCUT2D eigenvalue weighted by atomic mass is 9.95. The maximum Gasteiger partial charge on any atom is 0.260 e. The van der Waals surface area contributed by atoms with Crippen LogP contribution >= 0.6 is 23.4 Å². The number of rotatable bonds is 13. The molecule has 0 saturated heterocycles. The fourth-order valence-corrected chi connectivity index (χ4v) is 6.27. The zero-order chi connectivity index (χ0) is 32.6. The van der Waals surface area contributed by atoms with Crippen LogP contribution in [0.2, 0.25) is 5.02 Å². The molecule has 10 nitrogen and oxygen atoms in total. The quantitative estimate of drug-likeness (QED) is 0.151. The number of anilines is 2. The first-order valence-electron chi connectivity index (χ1n) is 15.2. The van der Waals surface area contributed by atoms with Gasteiger partial charge in [-0.05, 0) is 69.2 Å². The van der Waals surface area contributed by atoms with Crippen LogP contribution in [0.25, 0.3) is 0 Å². The minimum Gasteiger partial charge on any atom is -0.492 e. The molecule has 0 aliphatic carbocycles. The largest absolute Gasteiger partial charge is 0.492 e. The second-order valence-electron chi connectivity index (χ2n) is 10.4. The molecular formula is C34H37ClN6O4S. The normalized spacial score (nSPS) is 13.9. The zero-order valence-corrected chi connectivity index (χ0v) is 27.8. The number of benzene rings is 3.